The number of halogens is 1. The molecule has 0 radical (unpaired) electrons. The zero-order valence-electron chi connectivity index (χ0n) is 40.5. The minimum atomic E-state index is -2.65. The summed E-state index contributed by atoms with van der Waals surface area (Å²) < 4.78 is 59.5. The summed E-state index contributed by atoms with van der Waals surface area (Å²) in [6.07, 6.45) is 4.78. The number of aliphatic hydroxyl groups excluding tert-OH is 1. The molecule has 2 N–H and O–H groups in total. The van der Waals surface area contributed by atoms with Gasteiger partial charge < -0.3 is 42.6 Å². The Hall–Kier alpha value is -4.32. The molecular formula is C47H64ClO15P2Si2+. The number of esters is 2. The molecule has 0 saturated carbocycles. The molecule has 6 rings (SSSR count). The molecule has 0 amide bonds. The predicted molar refractivity (Wildman–Crippen MR) is 264 cm³/mol. The second-order valence-electron chi connectivity index (χ2n) is 18.5. The molecule has 2 atom stereocenters. The van der Waals surface area contributed by atoms with Crippen molar-refractivity contribution in [3.63, 3.8) is 0 Å². The summed E-state index contributed by atoms with van der Waals surface area (Å²) in [6, 6.07) is 8.80. The van der Waals surface area contributed by atoms with Crippen LogP contribution in [0.3, 0.4) is 0 Å². The average molecular weight is 1020 g/mol. The van der Waals surface area contributed by atoms with Crippen molar-refractivity contribution >= 4 is 61.3 Å². The maximum Gasteiger partial charge on any atom is 0.695 e. The molecule has 3 heterocycles. The van der Waals surface area contributed by atoms with Gasteiger partial charge in [-0.3, -0.25) is 0 Å². The molecule has 0 saturated heterocycles. The Morgan fingerprint density at radius 3 is 1.64 bits per heavy atom. The quantitative estimate of drug-likeness (QED) is 0.0529. The molecule has 0 aromatic heterocycles. The van der Waals surface area contributed by atoms with E-state index in [1.165, 1.54) is 0 Å². The molecule has 3 aliphatic heterocycles. The van der Waals surface area contributed by atoms with Crippen molar-refractivity contribution in [3.05, 3.63) is 97.6 Å². The van der Waals surface area contributed by atoms with Crippen molar-refractivity contribution in [2.75, 3.05) is 40.6 Å². The average Bonchev–Trinajstić information content (AvgIpc) is 3.85. The van der Waals surface area contributed by atoms with Gasteiger partial charge in [0.15, 0.2) is 0 Å². The van der Waals surface area contributed by atoms with Gasteiger partial charge in [-0.1, -0.05) is 69.1 Å². The van der Waals surface area contributed by atoms with Gasteiger partial charge in [0.1, 0.15) is 65.3 Å². The van der Waals surface area contributed by atoms with Crippen LogP contribution in [0.25, 0.3) is 0 Å². The Morgan fingerprint density at radius 2 is 1.21 bits per heavy atom. The summed E-state index contributed by atoms with van der Waals surface area (Å²) in [5.74, 6) is 1.85. The number of methoxy groups -OCH3 is 2. The third kappa shape index (κ3) is 15.3. The molecule has 366 valence electrons. The fourth-order valence-electron chi connectivity index (χ4n) is 7.02. The van der Waals surface area contributed by atoms with Crippen LogP contribution in [0, 0.1) is 13.8 Å². The van der Waals surface area contributed by atoms with Gasteiger partial charge in [0.05, 0.1) is 34.0 Å². The summed E-state index contributed by atoms with van der Waals surface area (Å²) in [4.78, 5) is 44.7. The van der Waals surface area contributed by atoms with E-state index in [9.17, 15) is 24.1 Å². The lowest BCUT2D eigenvalue weighted by molar-refractivity contribution is 0.0522. The van der Waals surface area contributed by atoms with Crippen LogP contribution in [0.1, 0.15) is 78.3 Å². The number of hydrogen-bond acceptors (Lipinski definition) is 14. The number of cyclic esters (lactones) is 2. The third-order valence-corrected chi connectivity index (χ3v) is 15.7. The number of rotatable bonds is 18. The molecule has 0 spiro atoms. The van der Waals surface area contributed by atoms with Crippen molar-refractivity contribution in [2.45, 2.75) is 105 Å². The molecule has 0 fully saturated rings. The second kappa shape index (κ2) is 24.8. The van der Waals surface area contributed by atoms with Gasteiger partial charge in [0.2, 0.25) is 0 Å². The highest BCUT2D eigenvalue weighted by molar-refractivity contribution is 7.76. The lowest BCUT2D eigenvalue weighted by Gasteiger charge is -2.21. The van der Waals surface area contributed by atoms with Crippen LogP contribution >= 0.6 is 27.2 Å². The minimum absolute atomic E-state index is 0.0000939. The number of ether oxygens (including phenoxy) is 6. The molecule has 3 aromatic rings. The summed E-state index contributed by atoms with van der Waals surface area (Å²) in [6.45, 7) is 22.8. The van der Waals surface area contributed by atoms with Gasteiger partial charge >= 0.3 is 33.9 Å². The van der Waals surface area contributed by atoms with E-state index in [4.69, 9.17) is 53.6 Å². The molecule has 0 bridgehead atoms. The third-order valence-electron chi connectivity index (χ3n) is 10.8. The highest BCUT2D eigenvalue weighted by Gasteiger charge is 2.35. The van der Waals surface area contributed by atoms with Crippen molar-refractivity contribution in [1.29, 1.82) is 0 Å². The minimum Gasteiger partial charge on any atom is -0.496 e. The summed E-state index contributed by atoms with van der Waals surface area (Å²) in [7, 11) is -3.59. The first-order valence-electron chi connectivity index (χ1n) is 21.7. The second-order valence-corrected chi connectivity index (χ2v) is 32.1. The van der Waals surface area contributed by atoms with Gasteiger partial charge in [0.25, 0.3) is 0 Å². The fourth-order valence-corrected chi connectivity index (χ4v) is 9.75. The maximum atomic E-state index is 12.4. The number of hydrogen-bond donors (Lipinski definition) is 2. The molecule has 20 heteroatoms. The van der Waals surface area contributed by atoms with Crippen LogP contribution < -0.4 is 23.5 Å². The number of aliphatic hydroxyl groups is 1. The van der Waals surface area contributed by atoms with Crippen LogP contribution in [0.15, 0.2) is 47.6 Å². The number of benzene rings is 3. The molecule has 0 aliphatic carbocycles. The topological polar surface area (TPSA) is 192 Å². The Balaban J connectivity index is 0.000000236. The van der Waals surface area contributed by atoms with Crippen LogP contribution in [0.2, 0.25) is 51.4 Å². The smallest absolute Gasteiger partial charge is 0.496 e. The number of fused-ring (bicyclic) bond motifs is 3. The Morgan fingerprint density at radius 1 is 0.746 bits per heavy atom. The molecule has 3 aliphatic rings. The van der Waals surface area contributed by atoms with Crippen molar-refractivity contribution in [3.8, 4) is 28.7 Å². The molecule has 15 nitrogen and oxygen atoms in total. The standard InChI is InChI=1S/C20H29O7PSi.C20H30O5Si.C7H4ClO3P/c1-13(11-27-28(22)23)7-8-15-18(24-3)14(2)16-12-26-20(21)17(16)19(15)25-9-10-29(4,5)6;1-13(11-21)7-8-15-18(23-3)14(2)16-12-25-20(22)17(16)19(15)24-9-10-26(4,5)6;8-12-10-6-4-2-1-3-5(6)7(9)11-12/h7H,8-12H2,1-6H3;7,21H,8-12H2,1-6H3;1-4H/p+1/b2*13-7+;. The van der Waals surface area contributed by atoms with E-state index >= 15 is 0 Å². The number of carbonyl (C=O) groups is 3. The Bertz CT molecular complexity index is 2370. The van der Waals surface area contributed by atoms with Crippen LogP contribution in [-0.2, 0) is 49.1 Å². The Labute approximate surface area is 402 Å². The lowest BCUT2D eigenvalue weighted by atomic mass is 9.95. The first-order valence-corrected chi connectivity index (χ1v) is 32.3. The van der Waals surface area contributed by atoms with E-state index in [2.05, 4.69) is 43.8 Å². The van der Waals surface area contributed by atoms with E-state index in [0.29, 0.717) is 65.7 Å². The van der Waals surface area contributed by atoms with Gasteiger partial charge in [-0.15, -0.1) is 9.42 Å². The first kappa shape index (κ1) is 55.3. The summed E-state index contributed by atoms with van der Waals surface area (Å²) in [5.41, 5.74) is 8.13. The predicted octanol–water partition coefficient (Wildman–Crippen LogP) is 11.1. The van der Waals surface area contributed by atoms with E-state index in [1.54, 1.807) is 38.5 Å². The molecule has 3 aromatic carbocycles. The Kier molecular flexibility index (Phi) is 20.5. The summed E-state index contributed by atoms with van der Waals surface area (Å²) in [5, 5.41) is 9.29. The van der Waals surface area contributed by atoms with Crippen LogP contribution in [0.4, 0.5) is 0 Å². The van der Waals surface area contributed by atoms with Crippen LogP contribution in [0.5, 0.6) is 28.7 Å². The van der Waals surface area contributed by atoms with Crippen molar-refractivity contribution in [2.24, 2.45) is 0 Å². The number of allylic oxidation sites excluding steroid dienone is 2. The molecular weight excluding hydrogens is 958 g/mol. The van der Waals surface area contributed by atoms with Gasteiger partial charge in [-0.25, -0.2) is 14.4 Å². The van der Waals surface area contributed by atoms with Crippen molar-refractivity contribution in [1.82, 2.24) is 0 Å². The highest BCUT2D eigenvalue weighted by atomic mass is 35.7. The van der Waals surface area contributed by atoms with E-state index < -0.39 is 38.1 Å². The summed E-state index contributed by atoms with van der Waals surface area (Å²) >= 11 is 5.54. The van der Waals surface area contributed by atoms with Gasteiger partial charge in [0, 0.05) is 43.0 Å². The zero-order chi connectivity index (χ0) is 49.8. The van der Waals surface area contributed by atoms with E-state index in [-0.39, 0.29) is 38.4 Å². The van der Waals surface area contributed by atoms with Crippen molar-refractivity contribution < 1.29 is 70.9 Å². The number of carbonyl (C=O) groups excluding carboxylic acids is 3. The normalized spacial score (nSPS) is 15.5. The molecule has 2 unspecified atom stereocenters. The number of para-hydroxylation sites is 1. The first-order chi connectivity index (χ1) is 31.5. The monoisotopic (exact) mass is 1020 g/mol. The van der Waals surface area contributed by atoms with Gasteiger partial charge in [-0.05, 0) is 92.7 Å². The largest absolute Gasteiger partial charge is 0.695 e. The SMILES string of the molecule is COc1c(C)c2c(c(OCC[Si](C)(C)C)c1C/C=C(\C)CO)C(=O)OC2.COc1c(C)c2c(c(OCC[Si](C)(C)C)c1C/C=C(\C)CO[P+](=O)O)C(=O)OC2.O=C1OP(Cl)Oc2ccccc21. The van der Waals surface area contributed by atoms with Crippen LogP contribution in [-0.4, -0.2) is 84.7 Å². The fraction of sp³-hybridized carbons (Fsp3) is 0.468. The lowest BCUT2D eigenvalue weighted by Crippen LogP contribution is -2.23. The van der Waals surface area contributed by atoms with E-state index in [0.717, 1.165) is 62.4 Å². The maximum absolute atomic E-state index is 12.4. The van der Waals surface area contributed by atoms with Gasteiger partial charge in [-0.2, -0.15) is 0 Å². The zero-order valence-corrected chi connectivity index (χ0v) is 45.1. The highest BCUT2D eigenvalue weighted by Crippen LogP contribution is 2.50. The van der Waals surface area contributed by atoms with E-state index in [1.807, 2.05) is 39.8 Å². The molecule has 67 heavy (non-hydrogen) atoms.